The van der Waals surface area contributed by atoms with Gasteiger partial charge >= 0.3 is 0 Å². The zero-order valence-corrected chi connectivity index (χ0v) is 10.1. The Morgan fingerprint density at radius 2 is 2.00 bits per heavy atom. The molecule has 1 radical (unpaired) electrons. The van der Waals surface area contributed by atoms with Gasteiger partial charge in [-0.2, -0.15) is 0 Å². The first-order valence-electron chi connectivity index (χ1n) is 3.75. The SMILES string of the molecule is CCc1ccc(O)c(C(F)F)c1.[Y]. The topological polar surface area (TPSA) is 20.2 Å². The fourth-order valence-electron chi connectivity index (χ4n) is 0.999. The van der Waals surface area contributed by atoms with Crippen LogP contribution in [0.25, 0.3) is 0 Å². The Kier molecular flexibility index (Phi) is 5.65. The van der Waals surface area contributed by atoms with Crippen LogP contribution in [0.4, 0.5) is 8.78 Å². The van der Waals surface area contributed by atoms with Crippen molar-refractivity contribution in [2.24, 2.45) is 0 Å². The fraction of sp³-hybridized carbons (Fsp3) is 0.333. The summed E-state index contributed by atoms with van der Waals surface area (Å²) in [6.07, 6.45) is -1.91. The van der Waals surface area contributed by atoms with Crippen molar-refractivity contribution in [3.8, 4) is 5.75 Å². The molecule has 0 unspecified atom stereocenters. The average Bonchev–Trinajstić information content (AvgIpc) is 2.05. The predicted octanol–water partition coefficient (Wildman–Crippen LogP) is 2.89. The zero-order valence-electron chi connectivity index (χ0n) is 7.30. The summed E-state index contributed by atoms with van der Waals surface area (Å²) in [6.45, 7) is 1.88. The van der Waals surface area contributed by atoms with Gasteiger partial charge in [-0.05, 0) is 24.1 Å². The number of phenols is 1. The molecule has 4 heteroatoms. The number of hydrogen-bond donors (Lipinski definition) is 1. The maximum Gasteiger partial charge on any atom is 0.267 e. The van der Waals surface area contributed by atoms with E-state index in [9.17, 15) is 8.78 Å². The molecule has 0 aliphatic heterocycles. The van der Waals surface area contributed by atoms with E-state index in [-0.39, 0.29) is 44.0 Å². The van der Waals surface area contributed by atoms with Crippen LogP contribution in [0.3, 0.4) is 0 Å². The first-order chi connectivity index (χ1) is 5.65. The molecule has 1 aromatic rings. The molecule has 0 aliphatic rings. The van der Waals surface area contributed by atoms with E-state index in [0.29, 0.717) is 6.42 Å². The van der Waals surface area contributed by atoms with E-state index in [2.05, 4.69) is 0 Å². The summed E-state index contributed by atoms with van der Waals surface area (Å²) < 4.78 is 24.4. The molecule has 0 atom stereocenters. The Morgan fingerprint density at radius 3 is 2.46 bits per heavy atom. The maximum atomic E-state index is 12.2. The Bertz CT molecular complexity index is 276. The standard InChI is InChI=1S/C9H10F2O.Y/c1-2-6-3-4-8(12)7(5-6)9(10)11;/h3-5,9,12H,2H2,1H3;. The molecule has 0 aromatic heterocycles. The number of alkyl halides is 2. The van der Waals surface area contributed by atoms with Gasteiger partial charge in [0.15, 0.2) is 0 Å². The number of benzene rings is 1. The monoisotopic (exact) mass is 261 g/mol. The van der Waals surface area contributed by atoms with Crippen LogP contribution in [0.2, 0.25) is 0 Å². The average molecular weight is 261 g/mol. The van der Waals surface area contributed by atoms with Gasteiger partial charge in [-0.3, -0.25) is 0 Å². The molecule has 1 nitrogen and oxygen atoms in total. The van der Waals surface area contributed by atoms with Gasteiger partial charge in [0, 0.05) is 32.7 Å². The van der Waals surface area contributed by atoms with Crippen molar-refractivity contribution in [1.29, 1.82) is 0 Å². The quantitative estimate of drug-likeness (QED) is 0.867. The molecule has 1 aromatic carbocycles. The summed E-state index contributed by atoms with van der Waals surface area (Å²) in [5.74, 6) is -0.331. The molecule has 0 saturated carbocycles. The predicted molar refractivity (Wildman–Crippen MR) is 42.4 cm³/mol. The molecule has 0 heterocycles. The molecule has 0 amide bonds. The third-order valence-electron chi connectivity index (χ3n) is 1.74. The summed E-state index contributed by atoms with van der Waals surface area (Å²) in [5, 5.41) is 9.02. The first-order valence-corrected chi connectivity index (χ1v) is 3.75. The summed E-state index contributed by atoms with van der Waals surface area (Å²) >= 11 is 0. The van der Waals surface area contributed by atoms with Crippen LogP contribution in [0.5, 0.6) is 5.75 Å². The van der Waals surface area contributed by atoms with Gasteiger partial charge in [0.2, 0.25) is 0 Å². The van der Waals surface area contributed by atoms with Crippen LogP contribution in [-0.2, 0) is 39.1 Å². The maximum absolute atomic E-state index is 12.2. The largest absolute Gasteiger partial charge is 0.507 e. The van der Waals surface area contributed by atoms with E-state index in [1.165, 1.54) is 12.1 Å². The van der Waals surface area contributed by atoms with E-state index in [1.54, 1.807) is 6.07 Å². The number of rotatable bonds is 2. The van der Waals surface area contributed by atoms with E-state index in [4.69, 9.17) is 5.11 Å². The van der Waals surface area contributed by atoms with Gasteiger partial charge < -0.3 is 5.11 Å². The van der Waals surface area contributed by atoms with Gasteiger partial charge in [0.25, 0.3) is 6.43 Å². The molecule has 1 N–H and O–H groups in total. The molecule has 0 fully saturated rings. The van der Waals surface area contributed by atoms with Gasteiger partial charge in [-0.25, -0.2) is 8.78 Å². The van der Waals surface area contributed by atoms with E-state index < -0.39 is 6.43 Å². The third kappa shape index (κ3) is 3.31. The van der Waals surface area contributed by atoms with Crippen LogP contribution in [0, 0.1) is 0 Å². The van der Waals surface area contributed by atoms with Gasteiger partial charge in [-0.1, -0.05) is 13.0 Å². The second-order valence-electron chi connectivity index (χ2n) is 2.55. The zero-order chi connectivity index (χ0) is 9.14. The summed E-state index contributed by atoms with van der Waals surface area (Å²) in [5.41, 5.74) is 0.525. The minimum absolute atomic E-state index is 0. The Hall–Kier alpha value is -0.0161. The van der Waals surface area contributed by atoms with Crippen molar-refractivity contribution < 1.29 is 46.6 Å². The molecule has 13 heavy (non-hydrogen) atoms. The number of hydrogen-bond acceptors (Lipinski definition) is 1. The summed E-state index contributed by atoms with van der Waals surface area (Å²) in [6, 6.07) is 4.28. The Labute approximate surface area is 101 Å². The number of aryl methyl sites for hydroxylation is 1. The molecule has 0 spiro atoms. The molecular weight excluding hydrogens is 251 g/mol. The fourth-order valence-corrected chi connectivity index (χ4v) is 0.999. The van der Waals surface area contributed by atoms with Crippen molar-refractivity contribution in [1.82, 2.24) is 0 Å². The van der Waals surface area contributed by atoms with Gasteiger partial charge in [-0.15, -0.1) is 0 Å². The molecular formula is C9H10F2OY. The van der Waals surface area contributed by atoms with Crippen molar-refractivity contribution in [3.63, 3.8) is 0 Å². The summed E-state index contributed by atoms with van der Waals surface area (Å²) in [7, 11) is 0. The van der Waals surface area contributed by atoms with Crippen LogP contribution in [0.15, 0.2) is 18.2 Å². The molecule has 69 valence electrons. The minimum atomic E-state index is -2.60. The normalized spacial score (nSPS) is 9.85. The van der Waals surface area contributed by atoms with Crippen LogP contribution >= 0.6 is 0 Å². The van der Waals surface area contributed by atoms with Crippen LogP contribution in [0.1, 0.15) is 24.5 Å². The second-order valence-corrected chi connectivity index (χ2v) is 2.55. The van der Waals surface area contributed by atoms with E-state index in [1.807, 2.05) is 6.92 Å². The molecule has 0 aliphatic carbocycles. The van der Waals surface area contributed by atoms with E-state index in [0.717, 1.165) is 5.56 Å². The molecule has 1 rings (SSSR count). The third-order valence-corrected chi connectivity index (χ3v) is 1.74. The van der Waals surface area contributed by atoms with Crippen molar-refractivity contribution in [2.45, 2.75) is 19.8 Å². The van der Waals surface area contributed by atoms with Crippen LogP contribution < -0.4 is 0 Å². The van der Waals surface area contributed by atoms with Crippen molar-refractivity contribution in [3.05, 3.63) is 29.3 Å². The van der Waals surface area contributed by atoms with Crippen molar-refractivity contribution >= 4 is 0 Å². The van der Waals surface area contributed by atoms with Gasteiger partial charge in [0.05, 0.1) is 5.56 Å². The second kappa shape index (κ2) is 5.66. The van der Waals surface area contributed by atoms with Crippen molar-refractivity contribution in [2.75, 3.05) is 0 Å². The minimum Gasteiger partial charge on any atom is -0.507 e. The smallest absolute Gasteiger partial charge is 0.267 e. The Morgan fingerprint density at radius 1 is 1.38 bits per heavy atom. The number of halogens is 2. The van der Waals surface area contributed by atoms with E-state index >= 15 is 0 Å². The molecule has 0 saturated heterocycles. The van der Waals surface area contributed by atoms with Crippen LogP contribution in [-0.4, -0.2) is 5.11 Å². The molecule has 0 bridgehead atoms. The first kappa shape index (κ1) is 13.0. The summed E-state index contributed by atoms with van der Waals surface area (Å²) in [4.78, 5) is 0. The number of phenolic OH excluding ortho intramolecular Hbond substituents is 1. The Balaban J connectivity index is 0.00000144. The van der Waals surface area contributed by atoms with Gasteiger partial charge in [0.1, 0.15) is 5.75 Å². The number of aromatic hydroxyl groups is 1.